The van der Waals surface area contributed by atoms with Gasteiger partial charge in [-0.15, -0.1) is 0 Å². The summed E-state index contributed by atoms with van der Waals surface area (Å²) < 4.78 is 0. The molecule has 1 aromatic rings. The second-order valence-corrected chi connectivity index (χ2v) is 2.30. The molecule has 0 unspecified atom stereocenters. The van der Waals surface area contributed by atoms with Crippen molar-refractivity contribution in [1.29, 1.82) is 0 Å². The lowest BCUT2D eigenvalue weighted by molar-refractivity contribution is 0.781. The fraction of sp³-hybridized carbons (Fsp3) is 0.500. The Morgan fingerprint density at radius 1 is 1.50 bits per heavy atom. The monoisotopic (exact) mass is 143 g/mol. The molecular weight excluding hydrogens is 129 g/mol. The van der Waals surface area contributed by atoms with Crippen molar-refractivity contribution in [3.05, 3.63) is 24.0 Å². The van der Waals surface area contributed by atoms with Crippen LogP contribution < -0.4 is 0 Å². The summed E-state index contributed by atoms with van der Waals surface area (Å²) in [7, 11) is 0. The second-order valence-electron chi connectivity index (χ2n) is 2.30. The van der Waals surface area contributed by atoms with Crippen LogP contribution in [-0.4, -0.2) is 4.98 Å². The van der Waals surface area contributed by atoms with Gasteiger partial charge in [0.05, 0.1) is 0 Å². The minimum atomic E-state index is 0. The van der Waals surface area contributed by atoms with Gasteiger partial charge < -0.3 is 4.98 Å². The molecule has 0 aliphatic rings. The number of hydrogen-bond donors (Lipinski definition) is 1. The molecule has 0 bridgehead atoms. The van der Waals surface area contributed by atoms with Crippen LogP contribution in [0.25, 0.3) is 0 Å². The summed E-state index contributed by atoms with van der Waals surface area (Å²) in [6.07, 6.45) is 5.74. The lowest BCUT2D eigenvalue weighted by Gasteiger charge is -1.91. The van der Waals surface area contributed by atoms with E-state index in [1.54, 1.807) is 0 Å². The average Bonchev–Trinajstić information content (AvgIpc) is 2.34. The summed E-state index contributed by atoms with van der Waals surface area (Å²) in [4.78, 5) is 3.17. The lowest BCUT2D eigenvalue weighted by atomic mass is 10.2. The topological polar surface area (TPSA) is 15.8 Å². The SMILES string of the molecule is CCCCc1ccc[nH]1.F. The Labute approximate surface area is 60.8 Å². The number of unbranched alkanes of at least 4 members (excludes halogenated alkanes) is 1. The van der Waals surface area contributed by atoms with Gasteiger partial charge in [0.1, 0.15) is 0 Å². The van der Waals surface area contributed by atoms with Gasteiger partial charge in [0.2, 0.25) is 0 Å². The Morgan fingerprint density at radius 3 is 2.80 bits per heavy atom. The van der Waals surface area contributed by atoms with Crippen molar-refractivity contribution in [3.8, 4) is 0 Å². The Morgan fingerprint density at radius 2 is 2.30 bits per heavy atom. The first-order chi connectivity index (χ1) is 4.43. The van der Waals surface area contributed by atoms with Crippen LogP contribution >= 0.6 is 0 Å². The van der Waals surface area contributed by atoms with Crippen molar-refractivity contribution in [2.75, 3.05) is 0 Å². The van der Waals surface area contributed by atoms with E-state index in [1.807, 2.05) is 12.3 Å². The first-order valence-corrected chi connectivity index (χ1v) is 3.55. The molecule has 2 heteroatoms. The third-order valence-corrected chi connectivity index (χ3v) is 1.46. The maximum absolute atomic E-state index is 3.17. The van der Waals surface area contributed by atoms with Crippen LogP contribution in [0.1, 0.15) is 25.5 Å². The number of nitrogens with one attached hydrogen (secondary N) is 1. The number of halogens is 1. The van der Waals surface area contributed by atoms with Crippen LogP contribution in [0.5, 0.6) is 0 Å². The van der Waals surface area contributed by atoms with E-state index in [0.29, 0.717) is 0 Å². The van der Waals surface area contributed by atoms with Crippen molar-refractivity contribution < 1.29 is 4.70 Å². The Bertz CT molecular complexity index is 146. The number of rotatable bonds is 3. The summed E-state index contributed by atoms with van der Waals surface area (Å²) in [6, 6.07) is 4.18. The van der Waals surface area contributed by atoms with Crippen molar-refractivity contribution in [1.82, 2.24) is 4.98 Å². The summed E-state index contributed by atoms with van der Waals surface area (Å²) in [5.74, 6) is 0. The molecule has 0 saturated heterocycles. The van der Waals surface area contributed by atoms with Crippen LogP contribution in [0.2, 0.25) is 0 Å². The molecule has 58 valence electrons. The van der Waals surface area contributed by atoms with Crippen LogP contribution in [-0.2, 0) is 6.42 Å². The highest BCUT2D eigenvalue weighted by molar-refractivity contribution is 5.03. The van der Waals surface area contributed by atoms with Gasteiger partial charge in [0, 0.05) is 11.9 Å². The van der Waals surface area contributed by atoms with E-state index in [0.717, 1.165) is 0 Å². The van der Waals surface area contributed by atoms with Crippen molar-refractivity contribution in [2.45, 2.75) is 26.2 Å². The van der Waals surface area contributed by atoms with E-state index in [9.17, 15) is 0 Å². The highest BCUT2D eigenvalue weighted by Gasteiger charge is 1.88. The van der Waals surface area contributed by atoms with E-state index in [1.165, 1.54) is 25.0 Å². The third kappa shape index (κ3) is 2.67. The standard InChI is InChI=1S/C8H13N.FH/c1-2-3-5-8-6-4-7-9-8;/h4,6-7,9H,2-3,5H2,1H3;1H. The van der Waals surface area contributed by atoms with Gasteiger partial charge in [0.25, 0.3) is 0 Å². The highest BCUT2D eigenvalue weighted by Crippen LogP contribution is 2.00. The summed E-state index contributed by atoms with van der Waals surface area (Å²) >= 11 is 0. The highest BCUT2D eigenvalue weighted by atomic mass is 19.0. The molecule has 0 amide bonds. The van der Waals surface area contributed by atoms with Crippen molar-refractivity contribution >= 4 is 0 Å². The third-order valence-electron chi connectivity index (χ3n) is 1.46. The maximum atomic E-state index is 3.17. The minimum absolute atomic E-state index is 0. The van der Waals surface area contributed by atoms with E-state index < -0.39 is 0 Å². The molecule has 1 N–H and O–H groups in total. The zero-order valence-electron chi connectivity index (χ0n) is 6.26. The van der Waals surface area contributed by atoms with Gasteiger partial charge in [-0.25, -0.2) is 0 Å². The first kappa shape index (κ1) is 9.21. The molecule has 0 aliphatic carbocycles. The van der Waals surface area contributed by atoms with E-state index in [-0.39, 0.29) is 4.70 Å². The van der Waals surface area contributed by atoms with Gasteiger partial charge in [-0.1, -0.05) is 13.3 Å². The molecule has 0 radical (unpaired) electrons. The second kappa shape index (κ2) is 5.03. The Kier molecular flexibility index (Phi) is 4.63. The Hall–Kier alpha value is -0.790. The molecule has 0 aromatic carbocycles. The van der Waals surface area contributed by atoms with E-state index >= 15 is 0 Å². The molecule has 0 fully saturated rings. The van der Waals surface area contributed by atoms with Crippen LogP contribution in [0, 0.1) is 0 Å². The van der Waals surface area contributed by atoms with Gasteiger partial charge >= 0.3 is 0 Å². The number of H-pyrrole nitrogens is 1. The fourth-order valence-corrected chi connectivity index (χ4v) is 0.890. The smallest absolute Gasteiger partial charge is 0.0147 e. The molecule has 0 atom stereocenters. The van der Waals surface area contributed by atoms with Crippen molar-refractivity contribution in [2.24, 2.45) is 0 Å². The van der Waals surface area contributed by atoms with Gasteiger partial charge in [-0.05, 0) is 25.0 Å². The minimum Gasteiger partial charge on any atom is -0.365 e. The van der Waals surface area contributed by atoms with Crippen LogP contribution in [0.15, 0.2) is 18.3 Å². The molecule has 1 nitrogen and oxygen atoms in total. The Balaban J connectivity index is 0.000000810. The molecule has 0 saturated carbocycles. The maximum Gasteiger partial charge on any atom is 0.0147 e. The van der Waals surface area contributed by atoms with E-state index in [2.05, 4.69) is 18.0 Å². The number of aryl methyl sites for hydroxylation is 1. The van der Waals surface area contributed by atoms with E-state index in [4.69, 9.17) is 0 Å². The molecule has 1 heterocycles. The molecule has 1 aromatic heterocycles. The molecule has 10 heavy (non-hydrogen) atoms. The quantitative estimate of drug-likeness (QED) is 0.669. The number of hydrogen-bond acceptors (Lipinski definition) is 0. The van der Waals surface area contributed by atoms with Crippen LogP contribution in [0.4, 0.5) is 4.70 Å². The fourth-order valence-electron chi connectivity index (χ4n) is 0.890. The van der Waals surface area contributed by atoms with Gasteiger partial charge in [0.15, 0.2) is 0 Å². The predicted molar refractivity (Wildman–Crippen MR) is 41.9 cm³/mol. The molecule has 1 rings (SSSR count). The van der Waals surface area contributed by atoms with Gasteiger partial charge in [-0.3, -0.25) is 4.70 Å². The largest absolute Gasteiger partial charge is 0.365 e. The number of aromatic amines is 1. The zero-order valence-corrected chi connectivity index (χ0v) is 6.26. The molecular formula is C8H14FN. The first-order valence-electron chi connectivity index (χ1n) is 3.55. The van der Waals surface area contributed by atoms with Gasteiger partial charge in [-0.2, -0.15) is 0 Å². The summed E-state index contributed by atoms with van der Waals surface area (Å²) in [5.41, 5.74) is 1.36. The number of aromatic nitrogens is 1. The predicted octanol–water partition coefficient (Wildman–Crippen LogP) is 2.51. The van der Waals surface area contributed by atoms with Crippen molar-refractivity contribution in [3.63, 3.8) is 0 Å². The lowest BCUT2D eigenvalue weighted by Crippen LogP contribution is -1.81. The molecule has 0 spiro atoms. The van der Waals surface area contributed by atoms with Crippen LogP contribution in [0.3, 0.4) is 0 Å². The molecule has 0 aliphatic heterocycles. The summed E-state index contributed by atoms with van der Waals surface area (Å²) in [5, 5.41) is 0. The summed E-state index contributed by atoms with van der Waals surface area (Å²) in [6.45, 7) is 2.21. The zero-order chi connectivity index (χ0) is 6.53. The normalized spacial score (nSPS) is 8.90. The average molecular weight is 143 g/mol.